The SMILES string of the molecule is CC(C)=C/C(=C\C(C(=N)c1cccc(F)c1)=C(/C)N)C(=O)NC[C@H]1CCCO1. The van der Waals surface area contributed by atoms with Crippen LogP contribution >= 0.6 is 0 Å². The van der Waals surface area contributed by atoms with Crippen molar-refractivity contribution in [1.29, 1.82) is 5.41 Å². The van der Waals surface area contributed by atoms with Gasteiger partial charge in [-0.3, -0.25) is 10.2 Å². The molecular weight excluding hydrogens is 357 g/mol. The van der Waals surface area contributed by atoms with E-state index in [2.05, 4.69) is 5.32 Å². The summed E-state index contributed by atoms with van der Waals surface area (Å²) in [6.07, 6.45) is 5.29. The van der Waals surface area contributed by atoms with Gasteiger partial charge < -0.3 is 15.8 Å². The van der Waals surface area contributed by atoms with E-state index < -0.39 is 5.82 Å². The van der Waals surface area contributed by atoms with Gasteiger partial charge in [0.2, 0.25) is 0 Å². The van der Waals surface area contributed by atoms with E-state index in [1.54, 1.807) is 25.1 Å². The molecule has 1 atom stereocenters. The molecule has 28 heavy (non-hydrogen) atoms. The van der Waals surface area contributed by atoms with Crippen LogP contribution in [0.2, 0.25) is 0 Å². The number of nitrogens with two attached hydrogens (primary N) is 1. The molecule has 0 bridgehead atoms. The summed E-state index contributed by atoms with van der Waals surface area (Å²) in [4.78, 5) is 12.7. The molecule has 1 heterocycles. The molecule has 0 spiro atoms. The Kier molecular flexibility index (Phi) is 7.70. The van der Waals surface area contributed by atoms with Crippen LogP contribution in [0.1, 0.15) is 39.2 Å². The maximum absolute atomic E-state index is 13.6. The van der Waals surface area contributed by atoms with Gasteiger partial charge in [0, 0.05) is 35.6 Å². The van der Waals surface area contributed by atoms with Gasteiger partial charge in [-0.15, -0.1) is 0 Å². The highest BCUT2D eigenvalue weighted by atomic mass is 19.1. The van der Waals surface area contributed by atoms with E-state index in [4.69, 9.17) is 15.9 Å². The number of nitrogens with one attached hydrogen (secondary N) is 2. The van der Waals surface area contributed by atoms with Gasteiger partial charge in [0.25, 0.3) is 5.91 Å². The number of benzene rings is 1. The number of carbonyl (C=O) groups excluding carboxylic acids is 1. The molecule has 1 aromatic carbocycles. The fraction of sp³-hybridized carbons (Fsp3) is 0.364. The molecule has 5 nitrogen and oxygen atoms in total. The molecule has 0 radical (unpaired) electrons. The van der Waals surface area contributed by atoms with Gasteiger partial charge in [0.1, 0.15) is 5.82 Å². The highest BCUT2D eigenvalue weighted by Gasteiger charge is 2.18. The van der Waals surface area contributed by atoms with Crippen molar-refractivity contribution in [1.82, 2.24) is 5.32 Å². The average Bonchev–Trinajstić information content (AvgIpc) is 3.15. The third-order valence-electron chi connectivity index (χ3n) is 4.33. The zero-order chi connectivity index (χ0) is 20.7. The summed E-state index contributed by atoms with van der Waals surface area (Å²) in [5.41, 5.74) is 8.53. The van der Waals surface area contributed by atoms with Crippen molar-refractivity contribution >= 4 is 11.6 Å². The Bertz CT molecular complexity index is 826. The Morgan fingerprint density at radius 3 is 2.68 bits per heavy atom. The molecule has 6 heteroatoms. The first-order valence-electron chi connectivity index (χ1n) is 9.35. The maximum atomic E-state index is 13.6. The summed E-state index contributed by atoms with van der Waals surface area (Å²) in [6, 6.07) is 5.77. The molecule has 1 aromatic rings. The molecule has 1 fully saturated rings. The lowest BCUT2D eigenvalue weighted by atomic mass is 9.97. The largest absolute Gasteiger partial charge is 0.402 e. The van der Waals surface area contributed by atoms with Crippen LogP contribution in [-0.2, 0) is 9.53 Å². The van der Waals surface area contributed by atoms with Crippen LogP contribution in [0.15, 0.2) is 58.8 Å². The Labute approximate surface area is 165 Å². The molecule has 0 aromatic heterocycles. The fourth-order valence-electron chi connectivity index (χ4n) is 2.94. The zero-order valence-electron chi connectivity index (χ0n) is 16.6. The number of allylic oxidation sites excluding steroid dienone is 4. The summed E-state index contributed by atoms with van der Waals surface area (Å²) >= 11 is 0. The van der Waals surface area contributed by atoms with Gasteiger partial charge >= 0.3 is 0 Å². The standard InChI is InChI=1S/C22H28FN3O2/c1-14(2)10-17(22(27)26-13-19-8-5-9-28-19)12-20(15(3)24)21(25)16-6-4-7-18(23)11-16/h4,6-7,10-12,19,25H,5,8-9,13,24H2,1-3H3,(H,26,27)/b17-12+,20-15-,25-21?/t19-/m1/s1. The second-order valence-electron chi connectivity index (χ2n) is 7.15. The average molecular weight is 385 g/mol. The number of ether oxygens (including phenoxy) is 1. The lowest BCUT2D eigenvalue weighted by molar-refractivity contribution is -0.117. The highest BCUT2D eigenvalue weighted by molar-refractivity contribution is 6.14. The van der Waals surface area contributed by atoms with Crippen molar-refractivity contribution in [3.8, 4) is 0 Å². The lowest BCUT2D eigenvalue weighted by Crippen LogP contribution is -2.32. The van der Waals surface area contributed by atoms with Crippen LogP contribution in [0.25, 0.3) is 0 Å². The Morgan fingerprint density at radius 2 is 2.11 bits per heavy atom. The van der Waals surface area contributed by atoms with Crippen LogP contribution in [0, 0.1) is 11.2 Å². The minimum Gasteiger partial charge on any atom is -0.402 e. The minimum atomic E-state index is -0.431. The van der Waals surface area contributed by atoms with Gasteiger partial charge in [-0.2, -0.15) is 0 Å². The topological polar surface area (TPSA) is 88.2 Å². The molecule has 4 N–H and O–H groups in total. The third kappa shape index (κ3) is 6.16. The second-order valence-corrected chi connectivity index (χ2v) is 7.15. The molecule has 0 aliphatic carbocycles. The van der Waals surface area contributed by atoms with Crippen molar-refractivity contribution in [3.05, 3.63) is 70.2 Å². The van der Waals surface area contributed by atoms with E-state index in [0.29, 0.717) is 29.0 Å². The maximum Gasteiger partial charge on any atom is 0.251 e. The smallest absolute Gasteiger partial charge is 0.251 e. The second kappa shape index (κ2) is 9.99. The van der Waals surface area contributed by atoms with Gasteiger partial charge in [0.15, 0.2) is 0 Å². The minimum absolute atomic E-state index is 0.0359. The number of hydrogen-bond donors (Lipinski definition) is 3. The van der Waals surface area contributed by atoms with Gasteiger partial charge in [-0.05, 0) is 51.8 Å². The van der Waals surface area contributed by atoms with E-state index >= 15 is 0 Å². The van der Waals surface area contributed by atoms with E-state index in [-0.39, 0.29) is 17.7 Å². The van der Waals surface area contributed by atoms with Crippen molar-refractivity contribution in [2.45, 2.75) is 39.7 Å². The number of amides is 1. The van der Waals surface area contributed by atoms with E-state index in [0.717, 1.165) is 25.0 Å². The van der Waals surface area contributed by atoms with Crippen molar-refractivity contribution in [3.63, 3.8) is 0 Å². The van der Waals surface area contributed by atoms with Gasteiger partial charge in [0.05, 0.1) is 11.8 Å². The van der Waals surface area contributed by atoms with Gasteiger partial charge in [-0.1, -0.05) is 23.8 Å². The molecule has 1 aliphatic heterocycles. The van der Waals surface area contributed by atoms with Crippen LogP contribution in [0.4, 0.5) is 4.39 Å². The van der Waals surface area contributed by atoms with Crippen LogP contribution in [0.5, 0.6) is 0 Å². The highest BCUT2D eigenvalue weighted by Crippen LogP contribution is 2.17. The molecular formula is C22H28FN3O2. The fourth-order valence-corrected chi connectivity index (χ4v) is 2.94. The summed E-state index contributed by atoms with van der Waals surface area (Å²) in [6.45, 7) is 6.59. The summed E-state index contributed by atoms with van der Waals surface area (Å²) in [5.74, 6) is -0.693. The Hall–Kier alpha value is -2.73. The summed E-state index contributed by atoms with van der Waals surface area (Å²) in [5, 5.41) is 11.3. The predicted octanol–water partition coefficient (Wildman–Crippen LogP) is 3.61. The van der Waals surface area contributed by atoms with E-state index in [9.17, 15) is 9.18 Å². The lowest BCUT2D eigenvalue weighted by Gasteiger charge is -2.13. The van der Waals surface area contributed by atoms with Crippen LogP contribution < -0.4 is 11.1 Å². The van der Waals surface area contributed by atoms with Crippen LogP contribution in [-0.4, -0.2) is 30.9 Å². The Balaban J connectivity index is 2.30. The normalized spacial score (nSPS) is 17.7. The van der Waals surface area contributed by atoms with Gasteiger partial charge in [-0.25, -0.2) is 4.39 Å². The summed E-state index contributed by atoms with van der Waals surface area (Å²) < 4.78 is 19.1. The van der Waals surface area contributed by atoms with E-state index in [1.807, 2.05) is 13.8 Å². The molecule has 1 aliphatic rings. The van der Waals surface area contributed by atoms with Crippen molar-refractivity contribution in [2.24, 2.45) is 5.73 Å². The molecule has 1 amide bonds. The number of carbonyl (C=O) groups is 1. The first-order chi connectivity index (χ1) is 13.3. The number of hydrogen-bond acceptors (Lipinski definition) is 4. The van der Waals surface area contributed by atoms with Crippen molar-refractivity contribution in [2.75, 3.05) is 13.2 Å². The summed E-state index contributed by atoms with van der Waals surface area (Å²) in [7, 11) is 0. The van der Waals surface area contributed by atoms with E-state index in [1.165, 1.54) is 18.2 Å². The third-order valence-corrected chi connectivity index (χ3v) is 4.33. The zero-order valence-corrected chi connectivity index (χ0v) is 16.6. The first-order valence-corrected chi connectivity index (χ1v) is 9.35. The van der Waals surface area contributed by atoms with Crippen LogP contribution in [0.3, 0.4) is 0 Å². The van der Waals surface area contributed by atoms with Crippen molar-refractivity contribution < 1.29 is 13.9 Å². The Morgan fingerprint density at radius 1 is 1.36 bits per heavy atom. The first kappa shape index (κ1) is 21.6. The molecule has 0 saturated carbocycles. The number of halogens is 1. The molecule has 0 unspecified atom stereocenters. The number of rotatable bonds is 7. The molecule has 1 saturated heterocycles. The molecule has 2 rings (SSSR count). The monoisotopic (exact) mass is 385 g/mol. The quantitative estimate of drug-likeness (QED) is 0.381. The predicted molar refractivity (Wildman–Crippen MR) is 110 cm³/mol. The molecule has 150 valence electrons.